The van der Waals surface area contributed by atoms with Crippen molar-refractivity contribution in [3.05, 3.63) is 90.6 Å². The Morgan fingerprint density at radius 3 is 2.35 bits per heavy atom. The van der Waals surface area contributed by atoms with Gasteiger partial charge in [0.1, 0.15) is 5.82 Å². The van der Waals surface area contributed by atoms with Gasteiger partial charge in [-0.25, -0.2) is 9.97 Å². The molecule has 1 amide bonds. The van der Waals surface area contributed by atoms with Crippen molar-refractivity contribution in [2.24, 2.45) is 0 Å². The summed E-state index contributed by atoms with van der Waals surface area (Å²) in [5, 5.41) is 2.38. The zero-order valence-corrected chi connectivity index (χ0v) is 17.3. The van der Waals surface area contributed by atoms with Crippen molar-refractivity contribution in [3.63, 3.8) is 0 Å². The van der Waals surface area contributed by atoms with Gasteiger partial charge in [0.25, 0.3) is 0 Å². The Bertz CT molecular complexity index is 1200. The fourth-order valence-electron chi connectivity index (χ4n) is 4.07. The third-order valence-electron chi connectivity index (χ3n) is 5.80. The van der Waals surface area contributed by atoms with E-state index in [0.717, 1.165) is 35.9 Å². The first-order valence-electron chi connectivity index (χ1n) is 10.7. The average Bonchev–Trinajstić information content (AvgIpc) is 2.85. The van der Waals surface area contributed by atoms with Gasteiger partial charge in [-0.1, -0.05) is 72.8 Å². The molecule has 0 N–H and O–H groups in total. The van der Waals surface area contributed by atoms with E-state index in [1.165, 1.54) is 10.8 Å². The van der Waals surface area contributed by atoms with Crippen LogP contribution in [-0.2, 0) is 11.2 Å². The lowest BCUT2D eigenvalue weighted by molar-refractivity contribution is -0.130. The molecule has 3 aromatic carbocycles. The molecule has 0 unspecified atom stereocenters. The standard InChI is InChI=1S/C26H24N4O/c31-25(19-20-10-11-21-6-4-5-9-23(21)18-20)30-16-14-29(15-17-30)24-12-13-27-26(28-24)22-7-2-1-3-8-22/h1-13,18H,14-17,19H2. The Hall–Kier alpha value is -3.73. The van der Waals surface area contributed by atoms with Crippen LogP contribution in [0.2, 0.25) is 0 Å². The van der Waals surface area contributed by atoms with E-state index in [4.69, 9.17) is 4.98 Å². The lowest BCUT2D eigenvalue weighted by Gasteiger charge is -2.35. The molecule has 0 aliphatic carbocycles. The van der Waals surface area contributed by atoms with Gasteiger partial charge in [-0.15, -0.1) is 0 Å². The molecule has 5 rings (SSSR count). The van der Waals surface area contributed by atoms with Crippen LogP contribution < -0.4 is 4.90 Å². The number of carbonyl (C=O) groups excluding carboxylic acids is 1. The van der Waals surface area contributed by atoms with E-state index in [-0.39, 0.29) is 5.91 Å². The first kappa shape index (κ1) is 19.2. The predicted octanol–water partition coefficient (Wildman–Crippen LogP) is 4.19. The van der Waals surface area contributed by atoms with Gasteiger partial charge in [-0.3, -0.25) is 4.79 Å². The number of benzene rings is 3. The maximum absolute atomic E-state index is 12.9. The molecule has 154 valence electrons. The third-order valence-corrected chi connectivity index (χ3v) is 5.80. The molecule has 2 heterocycles. The molecule has 0 bridgehead atoms. The van der Waals surface area contributed by atoms with Crippen LogP contribution in [0.15, 0.2) is 85.1 Å². The first-order valence-corrected chi connectivity index (χ1v) is 10.7. The summed E-state index contributed by atoms with van der Waals surface area (Å²) in [5.74, 6) is 1.82. The van der Waals surface area contributed by atoms with Crippen LogP contribution in [-0.4, -0.2) is 47.0 Å². The summed E-state index contributed by atoms with van der Waals surface area (Å²) in [4.78, 5) is 26.2. The number of piperazine rings is 1. The molecule has 31 heavy (non-hydrogen) atoms. The summed E-state index contributed by atoms with van der Waals surface area (Å²) < 4.78 is 0. The van der Waals surface area contributed by atoms with E-state index < -0.39 is 0 Å². The molecule has 5 nitrogen and oxygen atoms in total. The van der Waals surface area contributed by atoms with E-state index >= 15 is 0 Å². The Morgan fingerprint density at radius 1 is 0.806 bits per heavy atom. The fraction of sp³-hybridized carbons (Fsp3) is 0.192. The minimum atomic E-state index is 0.183. The third kappa shape index (κ3) is 4.26. The zero-order valence-electron chi connectivity index (χ0n) is 17.3. The van der Waals surface area contributed by atoms with Gasteiger partial charge in [-0.05, 0) is 22.4 Å². The number of aromatic nitrogens is 2. The number of hydrogen-bond acceptors (Lipinski definition) is 4. The number of amides is 1. The van der Waals surface area contributed by atoms with Crippen LogP contribution in [0.1, 0.15) is 5.56 Å². The fourth-order valence-corrected chi connectivity index (χ4v) is 4.07. The van der Waals surface area contributed by atoms with Gasteiger partial charge >= 0.3 is 0 Å². The molecule has 0 spiro atoms. The summed E-state index contributed by atoms with van der Waals surface area (Å²) >= 11 is 0. The van der Waals surface area contributed by atoms with Crippen LogP contribution >= 0.6 is 0 Å². The summed E-state index contributed by atoms with van der Waals surface area (Å²) in [7, 11) is 0. The number of nitrogens with zero attached hydrogens (tertiary/aromatic N) is 4. The van der Waals surface area contributed by atoms with Crippen LogP contribution in [0.4, 0.5) is 5.82 Å². The molecule has 0 saturated carbocycles. The van der Waals surface area contributed by atoms with Crippen molar-refractivity contribution in [3.8, 4) is 11.4 Å². The number of rotatable bonds is 4. The van der Waals surface area contributed by atoms with Crippen molar-refractivity contribution >= 4 is 22.5 Å². The monoisotopic (exact) mass is 408 g/mol. The van der Waals surface area contributed by atoms with E-state index in [0.29, 0.717) is 19.5 Å². The van der Waals surface area contributed by atoms with Crippen molar-refractivity contribution in [1.82, 2.24) is 14.9 Å². The Morgan fingerprint density at radius 2 is 1.55 bits per heavy atom. The van der Waals surface area contributed by atoms with Gasteiger partial charge in [0.2, 0.25) is 5.91 Å². The highest BCUT2D eigenvalue weighted by Crippen LogP contribution is 2.20. The number of fused-ring (bicyclic) bond motifs is 1. The van der Waals surface area contributed by atoms with Crippen LogP contribution in [0.5, 0.6) is 0 Å². The second-order valence-corrected chi connectivity index (χ2v) is 7.83. The molecular formula is C26H24N4O. The molecule has 1 saturated heterocycles. The number of carbonyl (C=O) groups is 1. The Kier molecular flexibility index (Phi) is 5.31. The normalized spacial score (nSPS) is 14.1. The molecule has 1 aliphatic rings. The van der Waals surface area contributed by atoms with Crippen molar-refractivity contribution in [2.75, 3.05) is 31.1 Å². The maximum Gasteiger partial charge on any atom is 0.227 e. The zero-order chi connectivity index (χ0) is 21.0. The minimum absolute atomic E-state index is 0.183. The average molecular weight is 409 g/mol. The van der Waals surface area contributed by atoms with Gasteiger partial charge in [0.15, 0.2) is 5.82 Å². The highest BCUT2D eigenvalue weighted by atomic mass is 16.2. The quantitative estimate of drug-likeness (QED) is 0.508. The van der Waals surface area contributed by atoms with Gasteiger partial charge in [0, 0.05) is 37.9 Å². The minimum Gasteiger partial charge on any atom is -0.353 e. The maximum atomic E-state index is 12.9. The number of hydrogen-bond donors (Lipinski definition) is 0. The van der Waals surface area contributed by atoms with Crippen molar-refractivity contribution in [2.45, 2.75) is 6.42 Å². The molecule has 0 radical (unpaired) electrons. The van der Waals surface area contributed by atoms with Gasteiger partial charge < -0.3 is 9.80 Å². The lowest BCUT2D eigenvalue weighted by atomic mass is 10.0. The van der Waals surface area contributed by atoms with E-state index in [1.54, 1.807) is 0 Å². The highest BCUT2D eigenvalue weighted by molar-refractivity contribution is 5.85. The number of anilines is 1. The second kappa shape index (κ2) is 8.56. The molecule has 1 aromatic heterocycles. The Labute approximate surface area is 182 Å². The van der Waals surface area contributed by atoms with Crippen LogP contribution in [0, 0.1) is 0 Å². The second-order valence-electron chi connectivity index (χ2n) is 7.83. The summed E-state index contributed by atoms with van der Waals surface area (Å²) in [5.41, 5.74) is 2.07. The topological polar surface area (TPSA) is 49.3 Å². The first-order chi connectivity index (χ1) is 15.3. The summed E-state index contributed by atoms with van der Waals surface area (Å²) in [6.07, 6.45) is 2.25. The molecule has 5 heteroatoms. The van der Waals surface area contributed by atoms with E-state index in [9.17, 15) is 4.79 Å². The van der Waals surface area contributed by atoms with E-state index in [1.807, 2.05) is 59.6 Å². The molecule has 4 aromatic rings. The SMILES string of the molecule is O=C(Cc1ccc2ccccc2c1)N1CCN(c2ccnc(-c3ccccc3)n2)CC1. The molecule has 0 atom stereocenters. The summed E-state index contributed by atoms with van der Waals surface area (Å²) in [6, 6.07) is 26.5. The van der Waals surface area contributed by atoms with Gasteiger partial charge in [-0.2, -0.15) is 0 Å². The van der Waals surface area contributed by atoms with E-state index in [2.05, 4.69) is 40.2 Å². The summed E-state index contributed by atoms with van der Waals surface area (Å²) in [6.45, 7) is 2.96. The molecule has 1 fully saturated rings. The van der Waals surface area contributed by atoms with Crippen molar-refractivity contribution < 1.29 is 4.79 Å². The molecule has 1 aliphatic heterocycles. The highest BCUT2D eigenvalue weighted by Gasteiger charge is 2.22. The van der Waals surface area contributed by atoms with Crippen LogP contribution in [0.25, 0.3) is 22.2 Å². The molecular weight excluding hydrogens is 384 g/mol. The van der Waals surface area contributed by atoms with Crippen LogP contribution in [0.3, 0.4) is 0 Å². The largest absolute Gasteiger partial charge is 0.353 e. The van der Waals surface area contributed by atoms with Gasteiger partial charge in [0.05, 0.1) is 6.42 Å². The van der Waals surface area contributed by atoms with Crippen molar-refractivity contribution in [1.29, 1.82) is 0 Å². The smallest absolute Gasteiger partial charge is 0.227 e. The predicted molar refractivity (Wildman–Crippen MR) is 124 cm³/mol. The Balaban J connectivity index is 1.22. The lowest BCUT2D eigenvalue weighted by Crippen LogP contribution is -2.49.